The van der Waals surface area contributed by atoms with E-state index in [-0.39, 0.29) is 47.7 Å². The number of carbonyl (C=O) groups excluding carboxylic acids is 5. The quantitative estimate of drug-likeness (QED) is 0.362. The third-order valence-electron chi connectivity index (χ3n) is 6.82. The van der Waals surface area contributed by atoms with Gasteiger partial charge in [-0.15, -0.1) is 0 Å². The van der Waals surface area contributed by atoms with E-state index in [4.69, 9.17) is 9.47 Å². The van der Waals surface area contributed by atoms with Crippen LogP contribution in [0.4, 0.5) is 11.4 Å². The Hall–Kier alpha value is -4.27. The lowest BCUT2D eigenvalue weighted by molar-refractivity contribution is -0.123. The highest BCUT2D eigenvalue weighted by atomic mass is 16.5. The van der Waals surface area contributed by atoms with Gasteiger partial charge in [-0.3, -0.25) is 14.4 Å². The molecule has 0 unspecified atom stereocenters. The highest BCUT2D eigenvalue weighted by molar-refractivity contribution is 6.23. The van der Waals surface area contributed by atoms with Gasteiger partial charge in [-0.25, -0.2) is 14.5 Å². The summed E-state index contributed by atoms with van der Waals surface area (Å²) >= 11 is 0. The van der Waals surface area contributed by atoms with Gasteiger partial charge in [0.2, 0.25) is 11.8 Å². The summed E-state index contributed by atoms with van der Waals surface area (Å²) < 4.78 is 10.0. The number of amides is 3. The number of fused-ring (bicyclic) bond motifs is 5. The lowest BCUT2D eigenvalue weighted by Gasteiger charge is -2.18. The average Bonchev–Trinajstić information content (AvgIpc) is 3.56. The van der Waals surface area contributed by atoms with Gasteiger partial charge in [0.25, 0.3) is 5.91 Å². The van der Waals surface area contributed by atoms with Crippen LogP contribution in [0.25, 0.3) is 0 Å². The SMILES string of the molecule is CCOC(=O)c1ccc(NC(=O)COC(=O)c2cccc(N3C(=O)[C@@H]4[C@@H](C3=O)[C@H]3C=C[C@H]4C3)c2)cc1. The minimum Gasteiger partial charge on any atom is -0.462 e. The zero-order chi connectivity index (χ0) is 25.4. The zero-order valence-corrected chi connectivity index (χ0v) is 19.5. The number of esters is 2. The molecule has 9 heteroatoms. The first-order valence-corrected chi connectivity index (χ1v) is 11.8. The van der Waals surface area contributed by atoms with Crippen molar-refractivity contribution in [2.24, 2.45) is 23.7 Å². The van der Waals surface area contributed by atoms with Crippen LogP contribution in [0.5, 0.6) is 0 Å². The highest BCUT2D eigenvalue weighted by Gasteiger charge is 2.59. The maximum Gasteiger partial charge on any atom is 0.338 e. The molecule has 2 aromatic rings. The monoisotopic (exact) mass is 488 g/mol. The van der Waals surface area contributed by atoms with Crippen molar-refractivity contribution in [3.63, 3.8) is 0 Å². The number of nitrogens with zero attached hydrogens (tertiary/aromatic N) is 1. The number of carbonyl (C=O) groups is 5. The fourth-order valence-corrected chi connectivity index (χ4v) is 5.24. The third kappa shape index (κ3) is 4.17. The summed E-state index contributed by atoms with van der Waals surface area (Å²) in [6.07, 6.45) is 4.88. The van der Waals surface area contributed by atoms with E-state index in [1.54, 1.807) is 19.1 Å². The molecular weight excluding hydrogens is 464 g/mol. The number of imide groups is 1. The maximum absolute atomic E-state index is 13.0. The van der Waals surface area contributed by atoms with Gasteiger partial charge in [0.1, 0.15) is 0 Å². The Labute approximate surface area is 207 Å². The molecule has 4 atom stereocenters. The Bertz CT molecular complexity index is 1250. The molecule has 1 N–H and O–H groups in total. The molecule has 2 fully saturated rings. The van der Waals surface area contributed by atoms with E-state index in [9.17, 15) is 24.0 Å². The van der Waals surface area contributed by atoms with Gasteiger partial charge in [0, 0.05) is 5.69 Å². The fraction of sp³-hybridized carbons (Fsp3) is 0.296. The number of anilines is 2. The second kappa shape index (κ2) is 9.41. The number of ether oxygens (including phenoxy) is 2. The summed E-state index contributed by atoms with van der Waals surface area (Å²) in [7, 11) is 0. The number of allylic oxidation sites excluding steroid dienone is 2. The van der Waals surface area contributed by atoms with Crippen LogP contribution in [-0.4, -0.2) is 42.9 Å². The van der Waals surface area contributed by atoms with Crippen molar-refractivity contribution in [1.29, 1.82) is 0 Å². The number of benzene rings is 2. The Morgan fingerprint density at radius 1 is 0.889 bits per heavy atom. The molecule has 0 aromatic heterocycles. The van der Waals surface area contributed by atoms with E-state index in [0.717, 1.165) is 6.42 Å². The van der Waals surface area contributed by atoms with E-state index in [1.165, 1.54) is 41.3 Å². The molecule has 2 aliphatic carbocycles. The second-order valence-electron chi connectivity index (χ2n) is 8.98. The first-order valence-electron chi connectivity index (χ1n) is 11.8. The molecule has 3 aliphatic rings. The molecule has 0 spiro atoms. The summed E-state index contributed by atoms with van der Waals surface area (Å²) in [5.41, 5.74) is 1.21. The standard InChI is InChI=1S/C27H24N2O7/c1-2-35-26(33)15-8-10-19(11-9-15)28-21(30)14-36-27(34)18-4-3-5-20(13-18)29-24(31)22-16-6-7-17(12-16)23(22)25(29)32/h3-11,13,16-17,22-23H,2,12,14H2,1H3,(H,28,30)/t16-,17-,22-,23-/m0/s1. The third-order valence-corrected chi connectivity index (χ3v) is 6.82. The van der Waals surface area contributed by atoms with Gasteiger partial charge in [0.05, 0.1) is 35.3 Å². The number of nitrogens with one attached hydrogen (secondary N) is 1. The van der Waals surface area contributed by atoms with Crippen molar-refractivity contribution in [1.82, 2.24) is 0 Å². The molecule has 1 aliphatic heterocycles. The van der Waals surface area contributed by atoms with Crippen molar-refractivity contribution in [3.05, 3.63) is 71.8 Å². The van der Waals surface area contributed by atoms with Crippen LogP contribution in [0.1, 0.15) is 34.1 Å². The Morgan fingerprint density at radius 2 is 1.53 bits per heavy atom. The second-order valence-corrected chi connectivity index (χ2v) is 8.98. The molecule has 3 amide bonds. The van der Waals surface area contributed by atoms with E-state index in [2.05, 4.69) is 5.32 Å². The first kappa shape index (κ1) is 23.5. The van der Waals surface area contributed by atoms with Gasteiger partial charge in [0.15, 0.2) is 6.61 Å². The van der Waals surface area contributed by atoms with E-state index < -0.39 is 24.5 Å². The Kier molecular flexibility index (Phi) is 6.13. The van der Waals surface area contributed by atoms with Crippen molar-refractivity contribution in [3.8, 4) is 0 Å². The molecular formula is C27H24N2O7. The normalized spacial score (nSPS) is 23.5. The van der Waals surface area contributed by atoms with E-state index in [1.807, 2.05) is 12.2 Å². The molecule has 0 radical (unpaired) electrons. The summed E-state index contributed by atoms with van der Waals surface area (Å²) in [5, 5.41) is 2.58. The molecule has 1 saturated carbocycles. The molecule has 2 aromatic carbocycles. The summed E-state index contributed by atoms with van der Waals surface area (Å²) in [6.45, 7) is 1.43. The fourth-order valence-electron chi connectivity index (χ4n) is 5.24. The van der Waals surface area contributed by atoms with Crippen LogP contribution in [0.15, 0.2) is 60.7 Å². The number of rotatable bonds is 7. The smallest absolute Gasteiger partial charge is 0.338 e. The molecule has 1 saturated heterocycles. The lowest BCUT2D eigenvalue weighted by Crippen LogP contribution is -2.33. The predicted molar refractivity (Wildman–Crippen MR) is 128 cm³/mol. The van der Waals surface area contributed by atoms with Crippen LogP contribution >= 0.6 is 0 Å². The van der Waals surface area contributed by atoms with Crippen LogP contribution in [0.2, 0.25) is 0 Å². The van der Waals surface area contributed by atoms with Crippen molar-refractivity contribution >= 4 is 41.0 Å². The van der Waals surface area contributed by atoms with Gasteiger partial charge in [-0.05, 0) is 67.6 Å². The number of hydrogen-bond donors (Lipinski definition) is 1. The van der Waals surface area contributed by atoms with Gasteiger partial charge in [-0.2, -0.15) is 0 Å². The van der Waals surface area contributed by atoms with E-state index in [0.29, 0.717) is 16.9 Å². The molecule has 5 rings (SSSR count). The largest absolute Gasteiger partial charge is 0.462 e. The average molecular weight is 488 g/mol. The summed E-state index contributed by atoms with van der Waals surface area (Å²) in [4.78, 5) is 63.7. The van der Waals surface area contributed by atoms with Crippen LogP contribution in [0, 0.1) is 23.7 Å². The van der Waals surface area contributed by atoms with Crippen LogP contribution < -0.4 is 10.2 Å². The lowest BCUT2D eigenvalue weighted by atomic mass is 9.85. The molecule has 9 nitrogen and oxygen atoms in total. The summed E-state index contributed by atoms with van der Waals surface area (Å²) in [6, 6.07) is 12.2. The van der Waals surface area contributed by atoms with Crippen molar-refractivity contribution in [2.45, 2.75) is 13.3 Å². The van der Waals surface area contributed by atoms with E-state index >= 15 is 0 Å². The number of hydrogen-bond acceptors (Lipinski definition) is 7. The van der Waals surface area contributed by atoms with Gasteiger partial charge >= 0.3 is 11.9 Å². The van der Waals surface area contributed by atoms with Crippen LogP contribution in [-0.2, 0) is 23.9 Å². The topological polar surface area (TPSA) is 119 Å². The Balaban J connectivity index is 1.19. The van der Waals surface area contributed by atoms with Crippen molar-refractivity contribution in [2.75, 3.05) is 23.4 Å². The molecule has 36 heavy (non-hydrogen) atoms. The molecule has 2 bridgehead atoms. The minimum absolute atomic E-state index is 0.0921. The van der Waals surface area contributed by atoms with Crippen molar-refractivity contribution < 1.29 is 33.4 Å². The Morgan fingerprint density at radius 3 is 2.17 bits per heavy atom. The highest BCUT2D eigenvalue weighted by Crippen LogP contribution is 2.53. The zero-order valence-electron chi connectivity index (χ0n) is 19.5. The van der Waals surface area contributed by atoms with Crippen LogP contribution in [0.3, 0.4) is 0 Å². The predicted octanol–water partition coefficient (Wildman–Crippen LogP) is 2.97. The molecule has 1 heterocycles. The first-order chi connectivity index (χ1) is 17.4. The summed E-state index contributed by atoms with van der Waals surface area (Å²) in [5.74, 6) is -2.74. The van der Waals surface area contributed by atoms with Gasteiger partial charge in [-0.1, -0.05) is 18.2 Å². The maximum atomic E-state index is 13.0. The minimum atomic E-state index is -0.759. The molecule has 184 valence electrons. The van der Waals surface area contributed by atoms with Gasteiger partial charge < -0.3 is 14.8 Å².